The van der Waals surface area contributed by atoms with Crippen LogP contribution in [0, 0.1) is 13.8 Å². The Bertz CT molecular complexity index is 834. The van der Waals surface area contributed by atoms with Crippen molar-refractivity contribution in [2.75, 3.05) is 0 Å². The molecule has 0 atom stereocenters. The molecule has 1 N–H and O–H groups in total. The Morgan fingerprint density at radius 2 is 1.73 bits per heavy atom. The summed E-state index contributed by atoms with van der Waals surface area (Å²) in [5.74, 6) is 0.406. The lowest BCUT2D eigenvalue weighted by atomic mass is 10.1. The van der Waals surface area contributed by atoms with Gasteiger partial charge in [0, 0.05) is 11.1 Å². The zero-order valence-corrected chi connectivity index (χ0v) is 16.0. The molecule has 5 nitrogen and oxygen atoms in total. The highest BCUT2D eigenvalue weighted by Crippen LogP contribution is 2.26. The van der Waals surface area contributed by atoms with Crippen LogP contribution in [-0.4, -0.2) is 22.5 Å². The molecular formula is C21H25N3O2. The van der Waals surface area contributed by atoms with Crippen molar-refractivity contribution >= 4 is 11.7 Å². The zero-order valence-electron chi connectivity index (χ0n) is 16.0. The van der Waals surface area contributed by atoms with Gasteiger partial charge < -0.3 is 4.84 Å². The number of hydrogen-bond acceptors (Lipinski definition) is 4. The number of oxime groups is 1. The largest absolute Gasteiger partial charge is 0.364 e. The van der Waals surface area contributed by atoms with E-state index in [4.69, 9.17) is 4.84 Å². The minimum Gasteiger partial charge on any atom is -0.364 e. The van der Waals surface area contributed by atoms with Gasteiger partial charge >= 0.3 is 0 Å². The number of carbonyl (C=O) groups is 1. The molecule has 3 rings (SSSR count). The minimum atomic E-state index is -0.772. The predicted octanol–water partition coefficient (Wildman–Crippen LogP) is 3.94. The van der Waals surface area contributed by atoms with Crippen LogP contribution in [-0.2, 0) is 11.3 Å². The Morgan fingerprint density at radius 1 is 1.12 bits per heavy atom. The number of rotatable bonds is 4. The van der Waals surface area contributed by atoms with Crippen molar-refractivity contribution in [3.05, 3.63) is 70.3 Å². The Kier molecular flexibility index (Phi) is 4.72. The zero-order chi connectivity index (χ0) is 18.9. The first kappa shape index (κ1) is 18.0. The van der Waals surface area contributed by atoms with Gasteiger partial charge in [-0.2, -0.15) is 0 Å². The molecule has 0 spiro atoms. The normalized spacial score (nSPS) is 15.4. The molecule has 1 heterocycles. The number of hydrogen-bond donors (Lipinski definition) is 1. The number of nitrogens with one attached hydrogen (secondary N) is 1. The average molecular weight is 351 g/mol. The van der Waals surface area contributed by atoms with Crippen molar-refractivity contribution in [3.63, 3.8) is 0 Å². The van der Waals surface area contributed by atoms with Gasteiger partial charge in [-0.3, -0.25) is 10.2 Å². The molecule has 0 radical (unpaired) electrons. The molecule has 1 aliphatic rings. The maximum Gasteiger partial charge on any atom is 0.269 e. The molecule has 0 aromatic heterocycles. The number of amidine groups is 1. The van der Waals surface area contributed by atoms with Gasteiger partial charge in [-0.15, -0.1) is 0 Å². The fourth-order valence-corrected chi connectivity index (χ4v) is 3.02. The van der Waals surface area contributed by atoms with Gasteiger partial charge in [0.1, 0.15) is 0 Å². The van der Waals surface area contributed by atoms with Gasteiger partial charge in [-0.1, -0.05) is 41.4 Å². The van der Waals surface area contributed by atoms with E-state index in [1.54, 1.807) is 5.01 Å². The summed E-state index contributed by atoms with van der Waals surface area (Å²) in [5, 5.41) is 5.92. The Hall–Kier alpha value is -2.82. The fraction of sp³-hybridized carbons (Fsp3) is 0.333. The lowest BCUT2D eigenvalue weighted by Crippen LogP contribution is -2.54. The lowest BCUT2D eigenvalue weighted by molar-refractivity contribution is -0.0824. The molecule has 0 saturated carbocycles. The number of nitrogens with zero attached hydrogens (tertiary/aromatic N) is 2. The second-order valence-corrected chi connectivity index (χ2v) is 7.16. The SMILES string of the molecule is CCc1ccc(C(=O)NN2C(c3cc(C)cc(C)c3)=NOC2(C)C)cc1. The number of amides is 1. The summed E-state index contributed by atoms with van der Waals surface area (Å²) >= 11 is 0. The summed E-state index contributed by atoms with van der Waals surface area (Å²) in [6.07, 6.45) is 0.943. The quantitative estimate of drug-likeness (QED) is 0.908. The fourth-order valence-electron chi connectivity index (χ4n) is 3.02. The van der Waals surface area contributed by atoms with Gasteiger partial charge in [0.15, 0.2) is 5.84 Å². The number of hydrazine groups is 1. The van der Waals surface area contributed by atoms with Crippen molar-refractivity contribution in [1.82, 2.24) is 10.4 Å². The van der Waals surface area contributed by atoms with Crippen molar-refractivity contribution in [2.45, 2.75) is 46.8 Å². The third-order valence-electron chi connectivity index (χ3n) is 4.42. The molecule has 0 unspecified atom stereocenters. The van der Waals surface area contributed by atoms with Gasteiger partial charge in [-0.25, -0.2) is 5.01 Å². The maximum atomic E-state index is 12.7. The van der Waals surface area contributed by atoms with Crippen LogP contribution in [0.3, 0.4) is 0 Å². The molecule has 0 saturated heterocycles. The molecule has 0 bridgehead atoms. The third kappa shape index (κ3) is 3.57. The van der Waals surface area contributed by atoms with E-state index in [0.717, 1.165) is 23.1 Å². The van der Waals surface area contributed by atoms with Crippen LogP contribution in [0.25, 0.3) is 0 Å². The smallest absolute Gasteiger partial charge is 0.269 e. The van der Waals surface area contributed by atoms with E-state index < -0.39 is 5.72 Å². The molecule has 5 heteroatoms. The first-order valence-electron chi connectivity index (χ1n) is 8.85. The highest BCUT2D eigenvalue weighted by Gasteiger charge is 2.40. The molecule has 2 aromatic carbocycles. The first-order chi connectivity index (χ1) is 12.3. The molecule has 136 valence electrons. The molecule has 26 heavy (non-hydrogen) atoms. The van der Waals surface area contributed by atoms with E-state index in [1.807, 2.05) is 64.1 Å². The Morgan fingerprint density at radius 3 is 2.31 bits per heavy atom. The molecule has 2 aromatic rings. The standard InChI is InChI=1S/C21H25N3O2/c1-6-16-7-9-17(10-8-16)20(25)22-24-19(23-26-21(24,4)5)18-12-14(2)11-15(3)13-18/h7-13H,6H2,1-5H3,(H,22,25). The van der Waals surface area contributed by atoms with Crippen molar-refractivity contribution in [1.29, 1.82) is 0 Å². The maximum absolute atomic E-state index is 12.7. The van der Waals surface area contributed by atoms with E-state index in [-0.39, 0.29) is 5.91 Å². The number of carbonyl (C=O) groups excluding carboxylic acids is 1. The summed E-state index contributed by atoms with van der Waals surface area (Å²) in [6, 6.07) is 13.8. The van der Waals surface area contributed by atoms with Crippen LogP contribution in [0.5, 0.6) is 0 Å². The van der Waals surface area contributed by atoms with Crippen molar-refractivity contribution in [3.8, 4) is 0 Å². The summed E-state index contributed by atoms with van der Waals surface area (Å²) in [4.78, 5) is 18.3. The van der Waals surface area contributed by atoms with Gasteiger partial charge in [0.2, 0.25) is 5.72 Å². The minimum absolute atomic E-state index is 0.191. The van der Waals surface area contributed by atoms with Crippen LogP contribution in [0.2, 0.25) is 0 Å². The van der Waals surface area contributed by atoms with Crippen LogP contribution in [0.4, 0.5) is 0 Å². The van der Waals surface area contributed by atoms with Gasteiger partial charge in [0.05, 0.1) is 0 Å². The second kappa shape index (κ2) is 6.83. The highest BCUT2D eigenvalue weighted by atomic mass is 16.7. The number of aryl methyl sites for hydroxylation is 3. The van der Waals surface area contributed by atoms with Crippen molar-refractivity contribution in [2.24, 2.45) is 5.16 Å². The van der Waals surface area contributed by atoms with E-state index in [2.05, 4.69) is 23.6 Å². The molecule has 1 amide bonds. The van der Waals surface area contributed by atoms with E-state index in [9.17, 15) is 4.79 Å². The van der Waals surface area contributed by atoms with E-state index in [0.29, 0.717) is 11.4 Å². The Balaban J connectivity index is 1.87. The van der Waals surface area contributed by atoms with E-state index in [1.165, 1.54) is 5.56 Å². The van der Waals surface area contributed by atoms with E-state index >= 15 is 0 Å². The molecule has 1 aliphatic heterocycles. The second-order valence-electron chi connectivity index (χ2n) is 7.16. The summed E-state index contributed by atoms with van der Waals surface area (Å²) in [7, 11) is 0. The molecular weight excluding hydrogens is 326 g/mol. The summed E-state index contributed by atoms with van der Waals surface area (Å²) in [5.41, 5.74) is 7.15. The van der Waals surface area contributed by atoms with Gasteiger partial charge in [-0.05, 0) is 63.9 Å². The average Bonchev–Trinajstić information content (AvgIpc) is 2.89. The lowest BCUT2D eigenvalue weighted by Gasteiger charge is -2.31. The third-order valence-corrected chi connectivity index (χ3v) is 4.42. The molecule has 0 aliphatic carbocycles. The predicted molar refractivity (Wildman–Crippen MR) is 103 cm³/mol. The van der Waals surface area contributed by atoms with Crippen LogP contribution >= 0.6 is 0 Å². The van der Waals surface area contributed by atoms with Crippen molar-refractivity contribution < 1.29 is 9.63 Å². The summed E-state index contributed by atoms with van der Waals surface area (Å²) in [6.45, 7) is 9.90. The van der Waals surface area contributed by atoms with Crippen LogP contribution in [0.1, 0.15) is 53.4 Å². The van der Waals surface area contributed by atoms with Crippen LogP contribution in [0.15, 0.2) is 47.6 Å². The Labute approximate surface area is 154 Å². The highest BCUT2D eigenvalue weighted by molar-refractivity contribution is 6.02. The number of benzene rings is 2. The van der Waals surface area contributed by atoms with Crippen LogP contribution < -0.4 is 5.43 Å². The topological polar surface area (TPSA) is 53.9 Å². The van der Waals surface area contributed by atoms with Gasteiger partial charge in [0.25, 0.3) is 5.91 Å². The first-order valence-corrected chi connectivity index (χ1v) is 8.85. The summed E-state index contributed by atoms with van der Waals surface area (Å²) < 4.78 is 0. The molecule has 0 fully saturated rings. The monoisotopic (exact) mass is 351 g/mol.